The molecule has 0 atom stereocenters. The summed E-state index contributed by atoms with van der Waals surface area (Å²) >= 11 is 5.33. The Labute approximate surface area is 177 Å². The van der Waals surface area contributed by atoms with Gasteiger partial charge in [0.25, 0.3) is 5.56 Å². The molecule has 1 aromatic heterocycles. The van der Waals surface area contributed by atoms with Crippen molar-refractivity contribution in [2.75, 3.05) is 26.2 Å². The molecule has 6 nitrogen and oxygen atoms in total. The third-order valence-electron chi connectivity index (χ3n) is 5.60. The zero-order chi connectivity index (χ0) is 20.5. The van der Waals surface area contributed by atoms with Gasteiger partial charge in [-0.1, -0.05) is 25.0 Å². The van der Waals surface area contributed by atoms with Crippen molar-refractivity contribution >= 4 is 29.0 Å². The summed E-state index contributed by atoms with van der Waals surface area (Å²) in [5.41, 5.74) is 0.728. The lowest BCUT2D eigenvalue weighted by molar-refractivity contribution is -0.121. The Hall–Kier alpha value is -1.99. The van der Waals surface area contributed by atoms with Gasteiger partial charge in [-0.2, -0.15) is 0 Å². The zero-order valence-electron chi connectivity index (χ0n) is 17.1. The summed E-state index contributed by atoms with van der Waals surface area (Å²) in [5, 5.41) is 3.68. The van der Waals surface area contributed by atoms with Crippen LogP contribution in [0.15, 0.2) is 29.1 Å². The fourth-order valence-electron chi connectivity index (χ4n) is 3.94. The maximum Gasteiger partial charge on any atom is 0.262 e. The molecule has 2 N–H and O–H groups in total. The number of hydrogen-bond acceptors (Lipinski definition) is 4. The monoisotopic (exact) mass is 416 g/mol. The quantitative estimate of drug-likeness (QED) is 0.459. The first-order valence-electron chi connectivity index (χ1n) is 10.9. The minimum Gasteiger partial charge on any atom is -0.356 e. The van der Waals surface area contributed by atoms with Gasteiger partial charge in [0.1, 0.15) is 0 Å². The minimum atomic E-state index is -0.0456. The van der Waals surface area contributed by atoms with Crippen LogP contribution in [0.25, 0.3) is 10.9 Å². The predicted molar refractivity (Wildman–Crippen MR) is 120 cm³/mol. The third kappa shape index (κ3) is 6.51. The highest BCUT2D eigenvalue weighted by Crippen LogP contribution is 2.09. The number of hydrogen-bond donors (Lipinski definition) is 2. The molecular formula is C22H32N4O2S. The summed E-state index contributed by atoms with van der Waals surface area (Å²) in [5.74, 6) is 0.129. The number of amides is 1. The van der Waals surface area contributed by atoms with Crippen molar-refractivity contribution in [3.63, 3.8) is 0 Å². The second kappa shape index (κ2) is 11.3. The molecule has 1 aliphatic rings. The zero-order valence-corrected chi connectivity index (χ0v) is 17.9. The van der Waals surface area contributed by atoms with Gasteiger partial charge in [0, 0.05) is 19.5 Å². The minimum absolute atomic E-state index is 0.0456. The average Bonchev–Trinajstić information content (AvgIpc) is 2.74. The average molecular weight is 417 g/mol. The molecule has 0 spiro atoms. The van der Waals surface area contributed by atoms with Crippen LogP contribution in [0, 0.1) is 4.77 Å². The molecule has 3 rings (SSSR count). The Morgan fingerprint density at radius 2 is 1.83 bits per heavy atom. The fourth-order valence-corrected chi connectivity index (χ4v) is 4.22. The van der Waals surface area contributed by atoms with E-state index in [0.717, 1.165) is 44.3 Å². The molecule has 1 fully saturated rings. The van der Waals surface area contributed by atoms with Gasteiger partial charge < -0.3 is 15.2 Å². The molecule has 0 radical (unpaired) electrons. The number of carbonyl (C=O) groups excluding carboxylic acids is 1. The summed E-state index contributed by atoms with van der Waals surface area (Å²) in [6.45, 7) is 4.84. The molecule has 29 heavy (non-hydrogen) atoms. The molecule has 1 aliphatic heterocycles. The molecule has 1 aromatic carbocycles. The van der Waals surface area contributed by atoms with Gasteiger partial charge in [-0.3, -0.25) is 14.2 Å². The number of fused-ring (bicyclic) bond motifs is 1. The molecule has 0 saturated carbocycles. The topological polar surface area (TPSA) is 70.1 Å². The van der Waals surface area contributed by atoms with E-state index >= 15 is 0 Å². The maximum atomic E-state index is 12.6. The Kier molecular flexibility index (Phi) is 8.43. The van der Waals surface area contributed by atoms with Gasteiger partial charge in [0.05, 0.1) is 10.9 Å². The van der Waals surface area contributed by atoms with Gasteiger partial charge in [-0.15, -0.1) is 0 Å². The standard InChI is InChI=1S/C22H32N4O2S/c27-20(23-13-9-16-25-14-6-2-7-15-25)12-3-1-8-17-26-21(28)18-10-4-5-11-19(18)24-22(26)29/h4-5,10-11H,1-3,6-9,12-17H2,(H,23,27)(H,24,29). The highest BCUT2D eigenvalue weighted by molar-refractivity contribution is 7.71. The van der Waals surface area contributed by atoms with Gasteiger partial charge in [-0.05, 0) is 76.1 Å². The van der Waals surface area contributed by atoms with Crippen LogP contribution in [0.1, 0.15) is 51.4 Å². The number of H-pyrrole nitrogens is 1. The third-order valence-corrected chi connectivity index (χ3v) is 5.92. The highest BCUT2D eigenvalue weighted by atomic mass is 32.1. The fraction of sp³-hybridized carbons (Fsp3) is 0.591. The van der Waals surface area contributed by atoms with Crippen LogP contribution in [-0.2, 0) is 11.3 Å². The number of nitrogens with one attached hydrogen (secondary N) is 2. The van der Waals surface area contributed by atoms with Gasteiger partial charge in [0.2, 0.25) is 5.91 Å². The van der Waals surface area contributed by atoms with E-state index in [1.807, 2.05) is 24.3 Å². The van der Waals surface area contributed by atoms with Crippen molar-refractivity contribution in [2.24, 2.45) is 0 Å². The van der Waals surface area contributed by atoms with Crippen LogP contribution in [0.3, 0.4) is 0 Å². The number of rotatable bonds is 10. The largest absolute Gasteiger partial charge is 0.356 e. The first-order valence-corrected chi connectivity index (χ1v) is 11.3. The first-order chi connectivity index (χ1) is 14.1. The molecule has 0 unspecified atom stereocenters. The normalized spacial score (nSPS) is 14.9. The van der Waals surface area contributed by atoms with Crippen LogP contribution in [0.4, 0.5) is 0 Å². The summed E-state index contributed by atoms with van der Waals surface area (Å²) in [6, 6.07) is 7.42. The van der Waals surface area contributed by atoms with Crippen LogP contribution in [-0.4, -0.2) is 46.5 Å². The molecule has 2 heterocycles. The van der Waals surface area contributed by atoms with E-state index in [4.69, 9.17) is 12.2 Å². The Balaban J connectivity index is 1.31. The molecule has 0 aliphatic carbocycles. The van der Waals surface area contributed by atoms with Gasteiger partial charge >= 0.3 is 0 Å². The lowest BCUT2D eigenvalue weighted by atomic mass is 10.1. The number of piperidine rings is 1. The van der Waals surface area contributed by atoms with Gasteiger partial charge in [0.15, 0.2) is 4.77 Å². The van der Waals surface area contributed by atoms with E-state index in [2.05, 4.69) is 15.2 Å². The molecule has 1 saturated heterocycles. The van der Waals surface area contributed by atoms with E-state index in [1.165, 1.54) is 32.4 Å². The number of unbranched alkanes of at least 4 members (excludes halogenated alkanes) is 2. The Morgan fingerprint density at radius 3 is 2.66 bits per heavy atom. The molecular weight excluding hydrogens is 384 g/mol. The number of para-hydroxylation sites is 1. The number of aromatic nitrogens is 2. The molecule has 158 valence electrons. The van der Waals surface area contributed by atoms with E-state index in [-0.39, 0.29) is 11.5 Å². The number of aromatic amines is 1. The lowest BCUT2D eigenvalue weighted by Crippen LogP contribution is -2.33. The smallest absolute Gasteiger partial charge is 0.262 e. The Morgan fingerprint density at radius 1 is 1.03 bits per heavy atom. The van der Waals surface area contributed by atoms with E-state index in [0.29, 0.717) is 23.1 Å². The number of benzene rings is 1. The van der Waals surface area contributed by atoms with Crippen molar-refractivity contribution in [1.29, 1.82) is 0 Å². The van der Waals surface area contributed by atoms with Crippen LogP contribution < -0.4 is 10.9 Å². The van der Waals surface area contributed by atoms with Gasteiger partial charge in [-0.25, -0.2) is 0 Å². The van der Waals surface area contributed by atoms with Crippen LogP contribution in [0.5, 0.6) is 0 Å². The predicted octanol–water partition coefficient (Wildman–Crippen LogP) is 3.61. The summed E-state index contributed by atoms with van der Waals surface area (Å²) in [6.07, 6.45) is 8.10. The summed E-state index contributed by atoms with van der Waals surface area (Å²) in [7, 11) is 0. The van der Waals surface area contributed by atoms with E-state index < -0.39 is 0 Å². The summed E-state index contributed by atoms with van der Waals surface area (Å²) in [4.78, 5) is 30.2. The van der Waals surface area contributed by atoms with Crippen molar-refractivity contribution in [3.8, 4) is 0 Å². The Bertz CT molecular complexity index is 915. The lowest BCUT2D eigenvalue weighted by Gasteiger charge is -2.26. The van der Waals surface area contributed by atoms with Crippen LogP contribution in [0.2, 0.25) is 0 Å². The number of carbonyl (C=O) groups is 1. The molecule has 7 heteroatoms. The van der Waals surface area contributed by atoms with Crippen molar-refractivity contribution in [2.45, 2.75) is 57.9 Å². The summed E-state index contributed by atoms with van der Waals surface area (Å²) < 4.78 is 2.08. The second-order valence-corrected chi connectivity index (χ2v) is 8.24. The molecule has 1 amide bonds. The molecule has 2 aromatic rings. The second-order valence-electron chi connectivity index (χ2n) is 7.85. The highest BCUT2D eigenvalue weighted by Gasteiger charge is 2.09. The maximum absolute atomic E-state index is 12.6. The van der Waals surface area contributed by atoms with Crippen molar-refractivity contribution in [3.05, 3.63) is 39.4 Å². The first kappa shape index (κ1) is 21.7. The molecule has 0 bridgehead atoms. The van der Waals surface area contributed by atoms with E-state index in [1.54, 1.807) is 4.57 Å². The number of likely N-dealkylation sites (tertiary alicyclic amines) is 1. The van der Waals surface area contributed by atoms with Crippen LogP contribution >= 0.6 is 12.2 Å². The SMILES string of the molecule is O=C(CCCCCn1c(=S)[nH]c2ccccc2c1=O)NCCCN1CCCCC1. The van der Waals surface area contributed by atoms with Crippen molar-refractivity contribution < 1.29 is 4.79 Å². The van der Waals surface area contributed by atoms with E-state index in [9.17, 15) is 9.59 Å². The van der Waals surface area contributed by atoms with Crippen molar-refractivity contribution in [1.82, 2.24) is 19.8 Å². The number of nitrogens with zero attached hydrogens (tertiary/aromatic N) is 2.